The lowest BCUT2D eigenvalue weighted by atomic mass is 9.78. The van der Waals surface area contributed by atoms with E-state index < -0.39 is 112 Å². The number of fused-ring (bicyclic) bond motifs is 15. The Balaban J connectivity index is 0.992. The number of hydrogen-bond acceptors (Lipinski definition) is 20. The van der Waals surface area contributed by atoms with Crippen LogP contribution in [-0.4, -0.2) is 182 Å². The minimum atomic E-state index is -2.12. The molecule has 2 aliphatic carbocycles. The highest BCUT2D eigenvalue weighted by Gasteiger charge is 2.51. The second-order valence-corrected chi connectivity index (χ2v) is 23.3. The summed E-state index contributed by atoms with van der Waals surface area (Å²) in [6.45, 7) is 15.3. The Morgan fingerprint density at radius 1 is 0.869 bits per heavy atom. The third-order valence-electron chi connectivity index (χ3n) is 17.9. The maximum Gasteiger partial charge on any atom is 0.340 e. The summed E-state index contributed by atoms with van der Waals surface area (Å²) in [5, 5.41) is 78.0. The molecule has 0 radical (unpaired) electrons. The molecule has 7 N–H and O–H groups in total. The van der Waals surface area contributed by atoms with Crippen molar-refractivity contribution in [2.45, 2.75) is 130 Å². The van der Waals surface area contributed by atoms with Gasteiger partial charge in [0.2, 0.25) is 0 Å². The van der Waals surface area contributed by atoms with E-state index in [0.29, 0.717) is 57.8 Å². The number of phenols is 3. The van der Waals surface area contributed by atoms with Gasteiger partial charge in [-0.15, -0.1) is 0 Å². The summed E-state index contributed by atoms with van der Waals surface area (Å²) in [6.07, 6.45) is 8.65. The minimum Gasteiger partial charge on any atom is -0.507 e. The average molecular weight is 1170 g/mol. The molecular formula is C61H77FN6O16. The van der Waals surface area contributed by atoms with Crippen molar-refractivity contribution in [3.63, 3.8) is 0 Å². The second-order valence-electron chi connectivity index (χ2n) is 23.3. The molecule has 0 aromatic heterocycles. The van der Waals surface area contributed by atoms with Crippen LogP contribution in [0.4, 0.5) is 10.1 Å². The number of anilines is 1. The van der Waals surface area contributed by atoms with E-state index in [-0.39, 0.29) is 80.0 Å². The normalized spacial score (nSPS) is 31.1. The minimum absolute atomic E-state index is 0.000682. The van der Waals surface area contributed by atoms with Gasteiger partial charge in [-0.2, -0.15) is 5.10 Å². The number of aliphatic hydroxyl groups is 2. The summed E-state index contributed by atoms with van der Waals surface area (Å²) in [6, 6.07) is 0.118. The van der Waals surface area contributed by atoms with Gasteiger partial charge in [0.05, 0.1) is 71.7 Å². The lowest BCUT2D eigenvalue weighted by molar-refractivity contribution is -0.160. The van der Waals surface area contributed by atoms with Gasteiger partial charge in [0.25, 0.3) is 11.7 Å². The van der Waals surface area contributed by atoms with Crippen LogP contribution in [0, 0.1) is 36.5 Å². The first kappa shape index (κ1) is 61.1. The number of piperazine rings is 1. The third-order valence-corrected chi connectivity index (χ3v) is 17.9. The fourth-order valence-corrected chi connectivity index (χ4v) is 12.7. The van der Waals surface area contributed by atoms with Crippen molar-refractivity contribution >= 4 is 52.1 Å². The van der Waals surface area contributed by atoms with Crippen molar-refractivity contribution in [2.24, 2.45) is 34.7 Å². The molecule has 10 atom stereocenters. The number of amides is 1. The maximum atomic E-state index is 16.3. The molecule has 10 rings (SSSR count). The molecule has 3 fully saturated rings. The van der Waals surface area contributed by atoms with Crippen LogP contribution in [-0.2, 0) is 38.1 Å². The number of rotatable bonds is 9. The first-order valence-electron chi connectivity index (χ1n) is 28.6. The molecule has 1 amide bonds. The van der Waals surface area contributed by atoms with E-state index in [1.54, 1.807) is 49.8 Å². The van der Waals surface area contributed by atoms with E-state index in [4.69, 9.17) is 28.8 Å². The van der Waals surface area contributed by atoms with Crippen LogP contribution >= 0.6 is 0 Å². The van der Waals surface area contributed by atoms with Crippen molar-refractivity contribution in [3.8, 4) is 23.0 Å². The maximum absolute atomic E-state index is 16.3. The van der Waals surface area contributed by atoms with Crippen molar-refractivity contribution in [3.05, 3.63) is 87.6 Å². The zero-order valence-corrected chi connectivity index (χ0v) is 49.1. The number of carboxylic acids is 1. The van der Waals surface area contributed by atoms with Gasteiger partial charge in [-0.05, 0) is 45.6 Å². The number of ketones is 2. The molecular weight excluding hydrogens is 1090 g/mol. The number of Topliss-reactive ketones (excluding diaryl/α,β-unsaturated/α-hetero) is 2. The Morgan fingerprint density at radius 3 is 2.17 bits per heavy atom. The molecule has 6 aliphatic heterocycles. The van der Waals surface area contributed by atoms with Gasteiger partial charge < -0.3 is 69.4 Å². The number of aliphatic carboxylic acids is 1. The van der Waals surface area contributed by atoms with E-state index in [1.807, 2.05) is 4.90 Å². The number of carboxylic acid groups (broad SMARTS) is 1. The Labute approximate surface area is 486 Å². The number of phenolic OH excluding ortho intramolecular Hbond substituents is 3. The summed E-state index contributed by atoms with van der Waals surface area (Å²) in [4.78, 5) is 72.8. The Bertz CT molecular complexity index is 3220. The first-order valence-corrected chi connectivity index (χ1v) is 28.6. The molecule has 6 heterocycles. The molecule has 2 saturated heterocycles. The Hall–Kier alpha value is -7.47. The number of hydrogen-bond donors (Lipinski definition) is 7. The number of benzene rings is 2. The number of halogens is 1. The van der Waals surface area contributed by atoms with Gasteiger partial charge in [-0.3, -0.25) is 29.1 Å². The van der Waals surface area contributed by atoms with Crippen molar-refractivity contribution in [2.75, 3.05) is 58.8 Å². The number of nitrogens with one attached hydrogen (secondary N) is 1. The monoisotopic (exact) mass is 1170 g/mol. The van der Waals surface area contributed by atoms with E-state index in [2.05, 4.69) is 10.2 Å². The molecule has 22 nitrogen and oxygen atoms in total. The molecule has 2 aromatic rings. The molecule has 84 heavy (non-hydrogen) atoms. The van der Waals surface area contributed by atoms with Crippen LogP contribution in [0.5, 0.6) is 23.0 Å². The van der Waals surface area contributed by atoms with Crippen LogP contribution in [0.2, 0.25) is 0 Å². The standard InChI is InChI=1S/C61H77FN6O16/c1-29-12-11-13-30(2)59(77)64-46-39(27-63-67-23-21-65(22-24-67)36-16-19-66(20-17-36)48-41(62)26-38-47(57(48)81-10)68(37-14-15-37)28-40(52(38)73)60(78)79)53(74)43-44(54(46)75)51(72)34(6)56-45(43)58(76)61(8,84-56)82-25-18-42(80-9)31(3)55(83-35(7)69)33(5)50(71)32(4)49(29)70/h11-13,18,25,27-29,31-33,36-38,42,49-50,55,70-72,74-75H,14-17,19-24,26H2,1-10H3,(H,64,77)(H,78,79)/b12-11+,25-18+,30-13-,63-27+/t29-,31+,32+,33+,38?,42-,49-,50+,55+,61-/m0/s1. The Morgan fingerprint density at radius 2 is 1.55 bits per heavy atom. The zero-order valence-electron chi connectivity index (χ0n) is 49.1. The van der Waals surface area contributed by atoms with Crippen LogP contribution < -0.4 is 10.1 Å². The second kappa shape index (κ2) is 24.3. The van der Waals surface area contributed by atoms with E-state index >= 15 is 4.39 Å². The fourth-order valence-electron chi connectivity index (χ4n) is 12.7. The highest BCUT2D eigenvalue weighted by Crippen LogP contribution is 2.55. The van der Waals surface area contributed by atoms with Gasteiger partial charge in [-0.25, -0.2) is 9.18 Å². The van der Waals surface area contributed by atoms with Crippen molar-refractivity contribution in [1.29, 1.82) is 0 Å². The number of ether oxygens (including phenoxy) is 5. The highest BCUT2D eigenvalue weighted by molar-refractivity contribution is 6.24. The van der Waals surface area contributed by atoms with Gasteiger partial charge in [0.15, 0.2) is 17.3 Å². The lowest BCUT2D eigenvalue weighted by Gasteiger charge is -2.45. The van der Waals surface area contributed by atoms with Crippen LogP contribution in [0.25, 0.3) is 10.8 Å². The molecule has 1 unspecified atom stereocenters. The number of methoxy groups -OCH3 is 2. The van der Waals surface area contributed by atoms with E-state index in [0.717, 1.165) is 12.8 Å². The van der Waals surface area contributed by atoms with E-state index in [1.165, 1.54) is 72.7 Å². The van der Waals surface area contributed by atoms with Crippen molar-refractivity contribution < 1.29 is 82.7 Å². The van der Waals surface area contributed by atoms with Crippen LogP contribution in [0.1, 0.15) is 102 Å². The number of hydrazone groups is 1. The van der Waals surface area contributed by atoms with Gasteiger partial charge in [0, 0.05) is 125 Å². The number of aliphatic hydroxyl groups excluding tert-OH is 2. The molecule has 5 bridgehead atoms. The topological polar surface area (TPSA) is 290 Å². The molecule has 8 aliphatic rings. The molecule has 1 saturated carbocycles. The number of aromatic hydroxyl groups is 3. The molecule has 0 spiro atoms. The number of esters is 1. The summed E-state index contributed by atoms with van der Waals surface area (Å²) < 4.78 is 46.0. The third kappa shape index (κ3) is 11.3. The first-order chi connectivity index (χ1) is 39.8. The molecule has 23 heteroatoms. The van der Waals surface area contributed by atoms with Crippen LogP contribution in [0.3, 0.4) is 0 Å². The quantitative estimate of drug-likeness (QED) is 0.0480. The molecule has 454 valence electrons. The highest BCUT2D eigenvalue weighted by atomic mass is 19.1. The van der Waals surface area contributed by atoms with Crippen molar-refractivity contribution in [1.82, 2.24) is 19.7 Å². The average Bonchev–Trinajstić information content (AvgIpc) is 1.45. The number of likely N-dealkylation sites (tertiary alicyclic amines) is 1. The van der Waals surface area contributed by atoms with Gasteiger partial charge in [-0.1, -0.05) is 45.9 Å². The Kier molecular flexibility index (Phi) is 17.6. The summed E-state index contributed by atoms with van der Waals surface area (Å²) in [7, 11) is 2.86. The SMILES string of the molecule is COC1=C2C(CC(F)=C1N1CCC(N3CCN(/N=C/c4c5c(O)c6c(O)c(C)c7c(c6c4O)C(=O)[C@@](C)(O/C=C/[C@H](OC)[C@@H](C)[C@@H](OC(C)=O)[C@H](C)[C@H](O)[C@H](C)[C@@H](O)[C@@H](C)/C=C/C=C(/C)C(=O)N5)O7)CC3)CC1)C(=O)C(C(=O)O)=CN2C1CC1. The van der Waals surface area contributed by atoms with Gasteiger partial charge in [0.1, 0.15) is 40.4 Å². The smallest absolute Gasteiger partial charge is 0.340 e. The largest absolute Gasteiger partial charge is 0.507 e. The zero-order chi connectivity index (χ0) is 61.0. The summed E-state index contributed by atoms with van der Waals surface area (Å²) >= 11 is 0. The number of carbonyl (C=O) groups excluding carboxylic acids is 4. The number of carbonyl (C=O) groups is 5. The van der Waals surface area contributed by atoms with E-state index in [9.17, 15) is 54.6 Å². The number of allylic oxidation sites excluding steroid dienone is 4. The van der Waals surface area contributed by atoms with Crippen LogP contribution in [0.15, 0.2) is 76.0 Å². The predicted octanol–water partition coefficient (Wildman–Crippen LogP) is 6.24. The lowest BCUT2D eigenvalue weighted by Crippen LogP contribution is -2.52. The summed E-state index contributed by atoms with van der Waals surface area (Å²) in [5.74, 6) is -12.2. The number of piperidine rings is 1. The number of nitrogens with zero attached hydrogens (tertiary/aromatic N) is 5. The predicted molar refractivity (Wildman–Crippen MR) is 305 cm³/mol. The fraction of sp³-hybridized carbons (Fsp3) is 0.541. The van der Waals surface area contributed by atoms with Gasteiger partial charge >= 0.3 is 17.7 Å². The molecule has 2 aromatic carbocycles. The summed E-state index contributed by atoms with van der Waals surface area (Å²) in [5.41, 5.74) is -0.200.